The van der Waals surface area contributed by atoms with Gasteiger partial charge in [-0.3, -0.25) is 9.97 Å². The lowest BCUT2D eigenvalue weighted by Crippen LogP contribution is -2.20. The van der Waals surface area contributed by atoms with Crippen LogP contribution in [-0.2, 0) is 26.2 Å². The van der Waals surface area contributed by atoms with Gasteiger partial charge in [0.25, 0.3) is 0 Å². The van der Waals surface area contributed by atoms with E-state index in [1.807, 2.05) is 12.4 Å². The summed E-state index contributed by atoms with van der Waals surface area (Å²) >= 11 is 0. The molecule has 0 atom stereocenters. The van der Waals surface area contributed by atoms with Crippen molar-refractivity contribution in [2.24, 2.45) is 11.8 Å². The van der Waals surface area contributed by atoms with Crippen molar-refractivity contribution in [1.82, 2.24) is 29.7 Å². The van der Waals surface area contributed by atoms with Gasteiger partial charge in [-0.25, -0.2) is 0 Å². The fourth-order valence-electron chi connectivity index (χ4n) is 6.43. The molecule has 0 saturated heterocycles. The number of benzene rings is 2. The summed E-state index contributed by atoms with van der Waals surface area (Å²) in [5, 5.41) is 12.6. The van der Waals surface area contributed by atoms with Gasteiger partial charge in [-0.2, -0.15) is 0 Å². The number of hydrogen-bond acceptors (Lipinski definition) is 4. The van der Waals surface area contributed by atoms with Gasteiger partial charge in [0.15, 0.2) is 0 Å². The van der Waals surface area contributed by atoms with Crippen LogP contribution in [0.25, 0.3) is 43.6 Å². The molecule has 0 aliphatic carbocycles. The first kappa shape index (κ1) is 31.0. The second-order valence-corrected chi connectivity index (χ2v) is 12.4. The van der Waals surface area contributed by atoms with Crippen LogP contribution in [0, 0.1) is 11.8 Å². The molecule has 6 aromatic rings. The number of fused-ring (bicyclic) bond motifs is 6. The molecular formula is C36H45ClN6. The average Bonchev–Trinajstić information content (AvgIpc) is 3.48. The number of rotatable bonds is 13. The van der Waals surface area contributed by atoms with Crippen LogP contribution in [0.15, 0.2) is 73.1 Å². The summed E-state index contributed by atoms with van der Waals surface area (Å²) in [6.45, 7) is 14.6. The second-order valence-electron chi connectivity index (χ2n) is 12.4. The summed E-state index contributed by atoms with van der Waals surface area (Å²) in [5.41, 5.74) is 7.43. The van der Waals surface area contributed by atoms with Gasteiger partial charge in [-0.1, -0.05) is 64.1 Å². The van der Waals surface area contributed by atoms with Crippen molar-refractivity contribution in [1.29, 1.82) is 0 Å². The van der Waals surface area contributed by atoms with E-state index in [9.17, 15) is 0 Å². The summed E-state index contributed by atoms with van der Waals surface area (Å²) in [4.78, 5) is 9.62. The van der Waals surface area contributed by atoms with Gasteiger partial charge in [0.05, 0.1) is 22.4 Å². The molecule has 6 rings (SSSR count). The molecule has 4 heterocycles. The molecule has 2 N–H and O–H groups in total. The van der Waals surface area contributed by atoms with E-state index in [2.05, 4.69) is 108 Å². The summed E-state index contributed by atoms with van der Waals surface area (Å²) in [6.07, 6.45) is 6.15. The number of aromatic nitrogens is 4. The molecule has 0 radical (unpaired) electrons. The van der Waals surface area contributed by atoms with Crippen molar-refractivity contribution in [3.63, 3.8) is 0 Å². The van der Waals surface area contributed by atoms with Crippen molar-refractivity contribution < 1.29 is 0 Å². The molecule has 0 aliphatic heterocycles. The molecular weight excluding hydrogens is 552 g/mol. The highest BCUT2D eigenvalue weighted by Crippen LogP contribution is 2.32. The van der Waals surface area contributed by atoms with Crippen LogP contribution < -0.4 is 10.6 Å². The molecule has 0 saturated carbocycles. The molecule has 0 amide bonds. The first-order chi connectivity index (χ1) is 20.5. The van der Waals surface area contributed by atoms with Crippen LogP contribution in [0.1, 0.15) is 51.9 Å². The van der Waals surface area contributed by atoms with Crippen molar-refractivity contribution in [3.05, 3.63) is 84.4 Å². The third-order valence-electron chi connectivity index (χ3n) is 8.15. The maximum Gasteiger partial charge on any atom is 0.0784 e. The minimum absolute atomic E-state index is 0. The van der Waals surface area contributed by atoms with Crippen LogP contribution in [0.2, 0.25) is 0 Å². The zero-order chi connectivity index (χ0) is 29.1. The van der Waals surface area contributed by atoms with Gasteiger partial charge in [0.2, 0.25) is 0 Å². The summed E-state index contributed by atoms with van der Waals surface area (Å²) < 4.78 is 4.94. The standard InChI is InChI=1S/C36H44N6.ClH/c1-25(2)23-41-33-13-7-5-11-27(33)29-15-19-39-31(35(29)41)21-37-17-9-10-18-38-22-32-36-30(16-20-40-32)28-12-6-8-14-34(28)42(36)24-26(3)4;/h5-8,11-16,19-20,25-26,37-38H,9-10,17-18,21-24H2,1-4H3;1H. The molecule has 0 spiro atoms. The number of unbranched alkanes of at least 4 members (excludes halogenated alkanes) is 1. The molecule has 7 heteroatoms. The van der Waals surface area contributed by atoms with Crippen molar-refractivity contribution >= 4 is 56.0 Å². The van der Waals surface area contributed by atoms with Crippen molar-refractivity contribution in [2.75, 3.05) is 13.1 Å². The van der Waals surface area contributed by atoms with Crippen LogP contribution in [0.5, 0.6) is 0 Å². The smallest absolute Gasteiger partial charge is 0.0784 e. The number of nitrogens with one attached hydrogen (secondary N) is 2. The van der Waals surface area contributed by atoms with Gasteiger partial charge >= 0.3 is 0 Å². The zero-order valence-electron chi connectivity index (χ0n) is 25.9. The van der Waals surface area contributed by atoms with Crippen LogP contribution in [0.4, 0.5) is 0 Å². The minimum atomic E-state index is 0. The molecule has 43 heavy (non-hydrogen) atoms. The van der Waals surface area contributed by atoms with Gasteiger partial charge in [0.1, 0.15) is 0 Å². The topological polar surface area (TPSA) is 59.7 Å². The number of pyridine rings is 2. The number of para-hydroxylation sites is 2. The Morgan fingerprint density at radius 1 is 0.581 bits per heavy atom. The molecule has 6 nitrogen and oxygen atoms in total. The van der Waals surface area contributed by atoms with Crippen molar-refractivity contribution in [3.8, 4) is 0 Å². The maximum atomic E-state index is 4.81. The largest absolute Gasteiger partial charge is 0.339 e. The lowest BCUT2D eigenvalue weighted by molar-refractivity contribution is 0.541. The van der Waals surface area contributed by atoms with E-state index >= 15 is 0 Å². The number of halogens is 1. The van der Waals surface area contributed by atoms with Crippen LogP contribution >= 0.6 is 12.4 Å². The monoisotopic (exact) mass is 596 g/mol. The average molecular weight is 597 g/mol. The molecule has 0 aliphatic rings. The highest BCUT2D eigenvalue weighted by atomic mass is 35.5. The predicted octanol–water partition coefficient (Wildman–Crippen LogP) is 8.09. The molecule has 226 valence electrons. The van der Waals surface area contributed by atoms with E-state index in [1.54, 1.807) is 0 Å². The van der Waals surface area contributed by atoms with E-state index in [-0.39, 0.29) is 12.4 Å². The molecule has 4 aromatic heterocycles. The number of hydrogen-bond donors (Lipinski definition) is 2. The minimum Gasteiger partial charge on any atom is -0.339 e. The van der Waals surface area contributed by atoms with Crippen molar-refractivity contribution in [2.45, 2.75) is 66.7 Å². The van der Waals surface area contributed by atoms with E-state index < -0.39 is 0 Å². The summed E-state index contributed by atoms with van der Waals surface area (Å²) in [5.74, 6) is 1.14. The van der Waals surface area contributed by atoms with Crippen LogP contribution in [0.3, 0.4) is 0 Å². The Morgan fingerprint density at radius 3 is 1.42 bits per heavy atom. The summed E-state index contributed by atoms with van der Waals surface area (Å²) in [7, 11) is 0. The Hall–Kier alpha value is -3.45. The Labute approximate surface area is 261 Å². The lowest BCUT2D eigenvalue weighted by atomic mass is 10.1. The zero-order valence-corrected chi connectivity index (χ0v) is 26.8. The Balaban J connectivity index is 0.00000368. The van der Waals surface area contributed by atoms with Gasteiger partial charge in [0, 0.05) is 71.2 Å². The lowest BCUT2D eigenvalue weighted by Gasteiger charge is -2.13. The molecule has 2 aromatic carbocycles. The van der Waals surface area contributed by atoms with E-state index in [1.165, 1.54) is 43.6 Å². The third-order valence-corrected chi connectivity index (χ3v) is 8.15. The Kier molecular flexibility index (Phi) is 10.0. The normalized spacial score (nSPS) is 12.0. The quantitative estimate of drug-likeness (QED) is 0.132. The first-order valence-corrected chi connectivity index (χ1v) is 15.6. The Morgan fingerprint density at radius 2 is 1.00 bits per heavy atom. The van der Waals surface area contributed by atoms with E-state index in [0.717, 1.165) is 63.5 Å². The summed E-state index contributed by atoms with van der Waals surface area (Å²) in [6, 6.07) is 21.8. The predicted molar refractivity (Wildman–Crippen MR) is 184 cm³/mol. The highest BCUT2D eigenvalue weighted by molar-refractivity contribution is 6.09. The van der Waals surface area contributed by atoms with Crippen LogP contribution in [-0.4, -0.2) is 32.2 Å². The first-order valence-electron chi connectivity index (χ1n) is 15.6. The van der Waals surface area contributed by atoms with Gasteiger partial charge in [-0.05, 0) is 62.0 Å². The second kappa shape index (κ2) is 13.9. The van der Waals surface area contributed by atoms with Gasteiger partial charge < -0.3 is 19.8 Å². The fourth-order valence-corrected chi connectivity index (χ4v) is 6.43. The van der Waals surface area contributed by atoms with E-state index in [4.69, 9.17) is 9.97 Å². The molecule has 0 unspecified atom stereocenters. The maximum absolute atomic E-state index is 4.81. The van der Waals surface area contributed by atoms with Gasteiger partial charge in [-0.15, -0.1) is 12.4 Å². The van der Waals surface area contributed by atoms with E-state index in [0.29, 0.717) is 11.8 Å². The Bertz CT molecular complexity index is 1680. The molecule has 0 fully saturated rings. The highest BCUT2D eigenvalue weighted by Gasteiger charge is 2.16. The molecule has 0 bridgehead atoms. The number of nitrogens with zero attached hydrogens (tertiary/aromatic N) is 4. The third kappa shape index (κ3) is 6.42. The SMILES string of the molecule is CC(C)Cn1c2ccccc2c2ccnc(CNCCCCNCc3nccc4c5ccccc5n(CC(C)C)c34)c21.Cl. The fraction of sp³-hybridized carbons (Fsp3) is 0.389.